The first-order chi connectivity index (χ1) is 15.5. The third kappa shape index (κ3) is 5.30. The molecule has 0 aliphatic carbocycles. The molecule has 1 fully saturated rings. The lowest BCUT2D eigenvalue weighted by molar-refractivity contribution is -0.128. The maximum Gasteiger partial charge on any atom is 0.229 e. The summed E-state index contributed by atoms with van der Waals surface area (Å²) in [4.78, 5) is 19.7. The number of aliphatic imine (C=N–C) groups is 1. The minimum atomic E-state index is 0.0314. The molecular weight excluding hydrogens is 428 g/mol. The zero-order valence-corrected chi connectivity index (χ0v) is 20.0. The Bertz CT molecular complexity index is 954. The highest BCUT2D eigenvalue weighted by atomic mass is 32.2. The van der Waals surface area contributed by atoms with Gasteiger partial charge in [0.25, 0.3) is 0 Å². The van der Waals surface area contributed by atoms with Crippen LogP contribution in [0.5, 0.6) is 23.0 Å². The number of para-hydroxylation sites is 2. The topological polar surface area (TPSA) is 69.6 Å². The SMILES string of the molecule is CCOc1ccccc1N=C1SCC(C)N1C(=O)CCc1cc(OC)c(OC)c(OC)c1. The fourth-order valence-corrected chi connectivity index (χ4v) is 4.67. The molecule has 0 spiro atoms. The number of aryl methyl sites for hydroxylation is 1. The van der Waals surface area contributed by atoms with Gasteiger partial charge in [-0.3, -0.25) is 9.69 Å². The van der Waals surface area contributed by atoms with Crippen LogP contribution < -0.4 is 18.9 Å². The van der Waals surface area contributed by atoms with Crippen molar-refractivity contribution in [1.29, 1.82) is 0 Å². The van der Waals surface area contributed by atoms with Crippen LogP contribution in [-0.2, 0) is 11.2 Å². The van der Waals surface area contributed by atoms with Gasteiger partial charge in [0.2, 0.25) is 11.7 Å². The van der Waals surface area contributed by atoms with E-state index in [9.17, 15) is 4.79 Å². The summed E-state index contributed by atoms with van der Waals surface area (Å²) in [5.41, 5.74) is 1.67. The third-order valence-corrected chi connectivity index (χ3v) is 6.30. The van der Waals surface area contributed by atoms with E-state index >= 15 is 0 Å². The molecule has 1 heterocycles. The monoisotopic (exact) mass is 458 g/mol. The molecule has 1 amide bonds. The minimum absolute atomic E-state index is 0.0314. The van der Waals surface area contributed by atoms with E-state index in [1.165, 1.54) is 0 Å². The van der Waals surface area contributed by atoms with E-state index in [1.54, 1.807) is 38.0 Å². The highest BCUT2D eigenvalue weighted by Crippen LogP contribution is 2.39. The number of amides is 1. The lowest BCUT2D eigenvalue weighted by atomic mass is 10.1. The van der Waals surface area contributed by atoms with Crippen molar-refractivity contribution < 1.29 is 23.7 Å². The van der Waals surface area contributed by atoms with Crippen LogP contribution in [0, 0.1) is 0 Å². The molecule has 3 rings (SSSR count). The molecule has 172 valence electrons. The number of rotatable bonds is 9. The third-order valence-electron chi connectivity index (χ3n) is 5.10. The number of carbonyl (C=O) groups excluding carboxylic acids is 1. The van der Waals surface area contributed by atoms with Gasteiger partial charge in [-0.05, 0) is 50.1 Å². The van der Waals surface area contributed by atoms with Gasteiger partial charge in [-0.15, -0.1) is 0 Å². The molecule has 32 heavy (non-hydrogen) atoms. The summed E-state index contributed by atoms with van der Waals surface area (Å²) in [6, 6.07) is 11.5. The molecule has 2 aromatic carbocycles. The summed E-state index contributed by atoms with van der Waals surface area (Å²) in [7, 11) is 4.73. The second-order valence-electron chi connectivity index (χ2n) is 7.25. The summed E-state index contributed by atoms with van der Waals surface area (Å²) in [5.74, 6) is 3.25. The van der Waals surface area contributed by atoms with Gasteiger partial charge in [0.1, 0.15) is 11.4 Å². The average molecular weight is 459 g/mol. The Morgan fingerprint density at radius 2 is 1.78 bits per heavy atom. The molecule has 0 saturated carbocycles. The van der Waals surface area contributed by atoms with Gasteiger partial charge in [0.15, 0.2) is 16.7 Å². The number of nitrogens with zero attached hydrogens (tertiary/aromatic N) is 2. The van der Waals surface area contributed by atoms with Crippen molar-refractivity contribution >= 4 is 28.5 Å². The summed E-state index contributed by atoms with van der Waals surface area (Å²) < 4.78 is 21.9. The van der Waals surface area contributed by atoms with Crippen LogP contribution in [0.25, 0.3) is 0 Å². The first kappa shape index (κ1) is 23.8. The number of hydrogen-bond acceptors (Lipinski definition) is 7. The quantitative estimate of drug-likeness (QED) is 0.543. The van der Waals surface area contributed by atoms with E-state index in [2.05, 4.69) is 0 Å². The van der Waals surface area contributed by atoms with Crippen molar-refractivity contribution in [3.05, 3.63) is 42.0 Å². The van der Waals surface area contributed by atoms with Gasteiger partial charge in [-0.2, -0.15) is 0 Å². The number of thioether (sulfide) groups is 1. The van der Waals surface area contributed by atoms with Crippen LogP contribution in [0.1, 0.15) is 25.8 Å². The number of amidine groups is 1. The van der Waals surface area contributed by atoms with Crippen LogP contribution in [-0.4, -0.2) is 55.7 Å². The predicted octanol–water partition coefficient (Wildman–Crippen LogP) is 4.70. The number of benzene rings is 2. The van der Waals surface area contributed by atoms with E-state index in [-0.39, 0.29) is 11.9 Å². The number of ether oxygens (including phenoxy) is 4. The first-order valence-electron chi connectivity index (χ1n) is 10.6. The summed E-state index contributed by atoms with van der Waals surface area (Å²) in [6.45, 7) is 4.54. The van der Waals surface area contributed by atoms with E-state index < -0.39 is 0 Å². The van der Waals surface area contributed by atoms with Gasteiger partial charge in [0.05, 0.1) is 27.9 Å². The van der Waals surface area contributed by atoms with E-state index in [1.807, 2.05) is 50.2 Å². The Labute approximate surface area is 193 Å². The Morgan fingerprint density at radius 1 is 1.09 bits per heavy atom. The Balaban J connectivity index is 1.78. The van der Waals surface area contributed by atoms with Gasteiger partial charge < -0.3 is 18.9 Å². The second-order valence-corrected chi connectivity index (χ2v) is 8.24. The molecule has 1 atom stereocenters. The molecule has 0 radical (unpaired) electrons. The molecule has 7 nitrogen and oxygen atoms in total. The zero-order chi connectivity index (χ0) is 23.1. The van der Waals surface area contributed by atoms with E-state index in [0.29, 0.717) is 47.6 Å². The van der Waals surface area contributed by atoms with Crippen molar-refractivity contribution in [3.63, 3.8) is 0 Å². The second kappa shape index (κ2) is 11.1. The Morgan fingerprint density at radius 3 is 2.41 bits per heavy atom. The fourth-order valence-electron chi connectivity index (χ4n) is 3.55. The van der Waals surface area contributed by atoms with Crippen LogP contribution in [0.15, 0.2) is 41.4 Å². The van der Waals surface area contributed by atoms with Crippen molar-refractivity contribution in [2.45, 2.75) is 32.7 Å². The number of carbonyl (C=O) groups is 1. The molecular formula is C24H30N2O5S. The lowest BCUT2D eigenvalue weighted by Gasteiger charge is -2.21. The van der Waals surface area contributed by atoms with E-state index in [4.69, 9.17) is 23.9 Å². The lowest BCUT2D eigenvalue weighted by Crippen LogP contribution is -2.37. The standard InChI is InChI=1S/C24H30N2O5S/c1-6-31-19-10-8-7-9-18(19)25-24-26(16(2)15-32-24)22(27)12-11-17-13-20(28-3)23(30-5)21(14-17)29-4/h7-10,13-14,16H,6,11-12,15H2,1-5H3. The van der Waals surface area contributed by atoms with Crippen molar-refractivity contribution in [2.75, 3.05) is 33.7 Å². The molecule has 0 bridgehead atoms. The first-order valence-corrected chi connectivity index (χ1v) is 11.5. The van der Waals surface area contributed by atoms with Crippen LogP contribution in [0.3, 0.4) is 0 Å². The highest BCUT2D eigenvalue weighted by Gasteiger charge is 2.32. The molecule has 0 aromatic heterocycles. The Hall–Kier alpha value is -2.87. The average Bonchev–Trinajstić information content (AvgIpc) is 3.17. The van der Waals surface area contributed by atoms with Crippen molar-refractivity contribution in [3.8, 4) is 23.0 Å². The number of methoxy groups -OCH3 is 3. The summed E-state index contributed by atoms with van der Waals surface area (Å²) in [5, 5.41) is 0.708. The highest BCUT2D eigenvalue weighted by molar-refractivity contribution is 8.14. The van der Waals surface area contributed by atoms with Gasteiger partial charge in [0, 0.05) is 18.2 Å². The van der Waals surface area contributed by atoms with Crippen LogP contribution in [0.2, 0.25) is 0 Å². The molecule has 0 N–H and O–H groups in total. The molecule has 1 aliphatic heterocycles. The molecule has 8 heteroatoms. The van der Waals surface area contributed by atoms with Crippen molar-refractivity contribution in [1.82, 2.24) is 4.90 Å². The number of hydrogen-bond donors (Lipinski definition) is 0. The summed E-state index contributed by atoms with van der Waals surface area (Å²) >= 11 is 1.59. The maximum atomic E-state index is 13.2. The predicted molar refractivity (Wildman–Crippen MR) is 128 cm³/mol. The van der Waals surface area contributed by atoms with Gasteiger partial charge in [-0.25, -0.2) is 4.99 Å². The fraction of sp³-hybridized carbons (Fsp3) is 0.417. The molecule has 1 aliphatic rings. The Kier molecular flexibility index (Phi) is 8.27. The molecule has 2 aromatic rings. The van der Waals surface area contributed by atoms with Gasteiger partial charge >= 0.3 is 0 Å². The van der Waals surface area contributed by atoms with Crippen molar-refractivity contribution in [2.24, 2.45) is 4.99 Å². The van der Waals surface area contributed by atoms with Crippen LogP contribution >= 0.6 is 11.8 Å². The van der Waals surface area contributed by atoms with Gasteiger partial charge in [-0.1, -0.05) is 23.9 Å². The zero-order valence-electron chi connectivity index (χ0n) is 19.2. The van der Waals surface area contributed by atoms with Crippen LogP contribution in [0.4, 0.5) is 5.69 Å². The summed E-state index contributed by atoms with van der Waals surface area (Å²) in [6.07, 6.45) is 0.891. The normalized spacial score (nSPS) is 16.8. The minimum Gasteiger partial charge on any atom is -0.493 e. The smallest absolute Gasteiger partial charge is 0.229 e. The maximum absolute atomic E-state index is 13.2. The molecule has 1 unspecified atom stereocenters. The molecule has 1 saturated heterocycles. The van der Waals surface area contributed by atoms with E-state index in [0.717, 1.165) is 17.0 Å². The largest absolute Gasteiger partial charge is 0.493 e.